The number of hydrogen-bond donors (Lipinski definition) is 3. The molecule has 10 heteroatoms. The second-order valence-corrected chi connectivity index (χ2v) is 11.6. The van der Waals surface area contributed by atoms with Crippen LogP contribution in [-0.2, 0) is 9.53 Å². The average molecular weight is 542 g/mol. The molecule has 10 nitrogen and oxygen atoms in total. The SMILES string of the molecule is CC(C)NC(=O)N[C@@H]1CC[C@H]2CCOc3ccccc3C(=O)N3CCN(C4CCCC4)C[C@H]3C(=O)NC[C@H]1O2. The van der Waals surface area contributed by atoms with E-state index < -0.39 is 6.04 Å². The van der Waals surface area contributed by atoms with Gasteiger partial charge in [0, 0.05) is 44.7 Å². The molecule has 1 aliphatic carbocycles. The van der Waals surface area contributed by atoms with Crippen LogP contribution in [0.3, 0.4) is 0 Å². The topological polar surface area (TPSA) is 112 Å². The molecule has 39 heavy (non-hydrogen) atoms. The van der Waals surface area contributed by atoms with Gasteiger partial charge in [-0.1, -0.05) is 25.0 Å². The van der Waals surface area contributed by atoms with E-state index in [9.17, 15) is 14.4 Å². The first kappa shape index (κ1) is 27.7. The number of carbonyl (C=O) groups excluding carboxylic acids is 3. The minimum atomic E-state index is -0.613. The third kappa shape index (κ3) is 6.66. The van der Waals surface area contributed by atoms with Gasteiger partial charge >= 0.3 is 6.03 Å². The molecular weight excluding hydrogens is 498 g/mol. The minimum absolute atomic E-state index is 0.0172. The van der Waals surface area contributed by atoms with Crippen molar-refractivity contribution < 1.29 is 23.9 Å². The van der Waals surface area contributed by atoms with Crippen molar-refractivity contribution in [3.63, 3.8) is 0 Å². The zero-order valence-electron chi connectivity index (χ0n) is 23.2. The summed E-state index contributed by atoms with van der Waals surface area (Å²) in [5, 5.41) is 9.03. The summed E-state index contributed by atoms with van der Waals surface area (Å²) in [6.45, 7) is 6.27. The van der Waals surface area contributed by atoms with Crippen molar-refractivity contribution in [1.82, 2.24) is 25.8 Å². The average Bonchev–Trinajstić information content (AvgIpc) is 3.47. The molecule has 5 rings (SSSR count). The Labute approximate surface area is 231 Å². The lowest BCUT2D eigenvalue weighted by Crippen LogP contribution is -2.63. The zero-order valence-corrected chi connectivity index (χ0v) is 23.2. The number of ether oxygens (including phenoxy) is 2. The summed E-state index contributed by atoms with van der Waals surface area (Å²) in [7, 11) is 0. The van der Waals surface area contributed by atoms with E-state index in [1.807, 2.05) is 32.0 Å². The van der Waals surface area contributed by atoms with Crippen LogP contribution in [0.2, 0.25) is 0 Å². The van der Waals surface area contributed by atoms with Crippen LogP contribution in [-0.4, -0.2) is 96.8 Å². The molecule has 4 aliphatic rings. The predicted octanol–water partition coefficient (Wildman–Crippen LogP) is 2.28. The van der Waals surface area contributed by atoms with Crippen LogP contribution in [0.25, 0.3) is 0 Å². The van der Waals surface area contributed by atoms with Crippen molar-refractivity contribution in [2.24, 2.45) is 0 Å². The molecule has 4 amide bonds. The van der Waals surface area contributed by atoms with Crippen LogP contribution >= 0.6 is 0 Å². The van der Waals surface area contributed by atoms with Crippen molar-refractivity contribution in [2.75, 3.05) is 32.8 Å². The van der Waals surface area contributed by atoms with Crippen LogP contribution in [0.4, 0.5) is 4.79 Å². The van der Waals surface area contributed by atoms with Gasteiger partial charge in [0.25, 0.3) is 5.91 Å². The lowest BCUT2D eigenvalue weighted by atomic mass is 9.96. The fourth-order valence-corrected chi connectivity index (χ4v) is 6.42. The normalized spacial score (nSPS) is 29.1. The second-order valence-electron chi connectivity index (χ2n) is 11.6. The van der Waals surface area contributed by atoms with Crippen molar-refractivity contribution in [1.29, 1.82) is 0 Å². The highest BCUT2D eigenvalue weighted by molar-refractivity contribution is 6.00. The van der Waals surface area contributed by atoms with Crippen molar-refractivity contribution in [3.05, 3.63) is 29.8 Å². The maximum atomic E-state index is 13.8. The Morgan fingerprint density at radius 1 is 1.05 bits per heavy atom. The highest BCUT2D eigenvalue weighted by Gasteiger charge is 2.40. The Kier molecular flexibility index (Phi) is 8.92. The number of amides is 4. The summed E-state index contributed by atoms with van der Waals surface area (Å²) in [6.07, 6.45) is 6.44. The largest absolute Gasteiger partial charge is 0.493 e. The molecule has 1 aromatic carbocycles. The molecule has 3 N–H and O–H groups in total. The summed E-state index contributed by atoms with van der Waals surface area (Å²) >= 11 is 0. The van der Waals surface area contributed by atoms with Gasteiger partial charge in [-0.15, -0.1) is 0 Å². The van der Waals surface area contributed by atoms with Gasteiger partial charge in [0.05, 0.1) is 30.4 Å². The molecular formula is C29H43N5O5. The number of carbonyl (C=O) groups is 3. The first-order chi connectivity index (χ1) is 18.9. The molecule has 2 bridgehead atoms. The quantitative estimate of drug-likeness (QED) is 0.541. The highest BCUT2D eigenvalue weighted by Crippen LogP contribution is 2.29. The Hall–Kier alpha value is -2.85. The first-order valence-electron chi connectivity index (χ1n) is 14.7. The number of benzene rings is 1. The number of para-hydroxylation sites is 1. The lowest BCUT2D eigenvalue weighted by molar-refractivity contribution is -0.130. The van der Waals surface area contributed by atoms with E-state index >= 15 is 0 Å². The lowest BCUT2D eigenvalue weighted by Gasteiger charge is -2.43. The van der Waals surface area contributed by atoms with Gasteiger partial charge in [-0.05, 0) is 51.7 Å². The number of piperazine rings is 1. The molecule has 0 spiro atoms. The summed E-state index contributed by atoms with van der Waals surface area (Å²) < 4.78 is 12.5. The molecule has 0 aromatic heterocycles. The molecule has 3 aliphatic heterocycles. The van der Waals surface area contributed by atoms with Crippen LogP contribution in [0.5, 0.6) is 5.75 Å². The second kappa shape index (κ2) is 12.6. The monoisotopic (exact) mass is 541 g/mol. The van der Waals surface area contributed by atoms with Crippen molar-refractivity contribution >= 4 is 17.8 Å². The molecule has 214 valence electrons. The maximum Gasteiger partial charge on any atom is 0.315 e. The van der Waals surface area contributed by atoms with Gasteiger partial charge < -0.3 is 30.3 Å². The van der Waals surface area contributed by atoms with Gasteiger partial charge in [0.2, 0.25) is 5.91 Å². The fourth-order valence-electron chi connectivity index (χ4n) is 6.42. The molecule has 2 saturated heterocycles. The summed E-state index contributed by atoms with van der Waals surface area (Å²) in [5.41, 5.74) is 0.490. The number of urea groups is 1. The summed E-state index contributed by atoms with van der Waals surface area (Å²) in [4.78, 5) is 44.2. The Morgan fingerprint density at radius 3 is 2.64 bits per heavy atom. The molecule has 0 radical (unpaired) electrons. The third-order valence-electron chi connectivity index (χ3n) is 8.46. The van der Waals surface area contributed by atoms with E-state index in [4.69, 9.17) is 9.47 Å². The van der Waals surface area contributed by atoms with E-state index in [0.29, 0.717) is 43.5 Å². The van der Waals surface area contributed by atoms with Crippen molar-refractivity contribution in [2.45, 2.75) is 95.2 Å². The van der Waals surface area contributed by atoms with E-state index in [0.717, 1.165) is 32.2 Å². The molecule has 1 saturated carbocycles. The van der Waals surface area contributed by atoms with Gasteiger partial charge in [0.1, 0.15) is 11.8 Å². The van der Waals surface area contributed by atoms with E-state index in [-0.39, 0.29) is 48.7 Å². The maximum absolute atomic E-state index is 13.8. The number of hydrogen-bond acceptors (Lipinski definition) is 6. The van der Waals surface area contributed by atoms with E-state index in [1.165, 1.54) is 12.8 Å². The molecule has 4 atom stereocenters. The van der Waals surface area contributed by atoms with E-state index in [2.05, 4.69) is 20.9 Å². The van der Waals surface area contributed by atoms with Gasteiger partial charge in [-0.25, -0.2) is 4.79 Å². The van der Waals surface area contributed by atoms with Crippen LogP contribution in [0.1, 0.15) is 69.2 Å². The van der Waals surface area contributed by atoms with Crippen molar-refractivity contribution in [3.8, 4) is 5.75 Å². The Morgan fingerprint density at radius 2 is 1.85 bits per heavy atom. The minimum Gasteiger partial charge on any atom is -0.493 e. The fraction of sp³-hybridized carbons (Fsp3) is 0.690. The van der Waals surface area contributed by atoms with Gasteiger partial charge in [0.15, 0.2) is 0 Å². The van der Waals surface area contributed by atoms with Crippen LogP contribution in [0, 0.1) is 0 Å². The first-order valence-corrected chi connectivity index (χ1v) is 14.7. The predicted molar refractivity (Wildman–Crippen MR) is 147 cm³/mol. The smallest absolute Gasteiger partial charge is 0.315 e. The summed E-state index contributed by atoms with van der Waals surface area (Å²) in [6, 6.07) is 6.71. The third-order valence-corrected chi connectivity index (χ3v) is 8.46. The Balaban J connectivity index is 1.38. The standard InChI is InChI=1S/C29H43N5O5/c1-19(2)31-29(37)32-23-12-11-21-13-16-38-25-10-6-5-9-22(25)28(36)34-15-14-33(20-7-3-4-8-20)18-24(34)27(35)30-17-26(23)39-21/h5-6,9-10,19-21,23-24,26H,3-4,7-8,11-18H2,1-2H3,(H,30,35)(H2,31,32,37)/t21-,23+,24-,26+/m0/s1. The molecule has 3 heterocycles. The number of nitrogens with zero attached hydrogens (tertiary/aromatic N) is 2. The molecule has 3 fully saturated rings. The molecule has 0 unspecified atom stereocenters. The number of fused-ring (bicyclic) bond motifs is 4. The van der Waals surface area contributed by atoms with Crippen LogP contribution in [0.15, 0.2) is 24.3 Å². The number of nitrogens with one attached hydrogen (secondary N) is 3. The Bertz CT molecular complexity index is 1030. The zero-order chi connectivity index (χ0) is 27.4. The van der Waals surface area contributed by atoms with Gasteiger partial charge in [-0.2, -0.15) is 0 Å². The van der Waals surface area contributed by atoms with Gasteiger partial charge in [-0.3, -0.25) is 14.5 Å². The molecule has 1 aromatic rings. The van der Waals surface area contributed by atoms with E-state index in [1.54, 1.807) is 11.0 Å². The number of rotatable bonds is 3. The summed E-state index contributed by atoms with van der Waals surface area (Å²) in [5.74, 6) is 0.182. The van der Waals surface area contributed by atoms with Crippen LogP contribution < -0.4 is 20.7 Å². The highest BCUT2D eigenvalue weighted by atomic mass is 16.5.